The van der Waals surface area contributed by atoms with E-state index in [1.165, 1.54) is 0 Å². The van der Waals surface area contributed by atoms with Crippen LogP contribution >= 0.6 is 15.9 Å². The highest BCUT2D eigenvalue weighted by Gasteiger charge is 2.25. The van der Waals surface area contributed by atoms with Crippen molar-refractivity contribution in [2.45, 2.75) is 46.6 Å². The van der Waals surface area contributed by atoms with Crippen molar-refractivity contribution in [3.05, 3.63) is 15.9 Å². The van der Waals surface area contributed by atoms with Crippen LogP contribution in [0.3, 0.4) is 0 Å². The number of aliphatic hydroxyl groups excluding tert-OH is 1. The molecule has 0 aromatic carbocycles. The van der Waals surface area contributed by atoms with Gasteiger partial charge in [-0.25, -0.2) is 0 Å². The molecule has 0 unspecified atom stereocenters. The molecule has 1 aromatic heterocycles. The lowest BCUT2D eigenvalue weighted by molar-refractivity contribution is 0.113. The summed E-state index contributed by atoms with van der Waals surface area (Å²) in [6.07, 6.45) is 2.90. The van der Waals surface area contributed by atoms with Gasteiger partial charge in [0.15, 0.2) is 0 Å². The summed E-state index contributed by atoms with van der Waals surface area (Å²) < 4.78 is 3.03. The molecular weight excluding hydrogens is 306 g/mol. The van der Waals surface area contributed by atoms with E-state index in [2.05, 4.69) is 47.1 Å². The Morgan fingerprint density at radius 2 is 1.95 bits per heavy atom. The summed E-state index contributed by atoms with van der Waals surface area (Å²) in [5.74, 6) is 0. The molecular formula is C14H26BrN3O. The van der Waals surface area contributed by atoms with Crippen LogP contribution in [0.2, 0.25) is 0 Å². The largest absolute Gasteiger partial charge is 0.396 e. The van der Waals surface area contributed by atoms with Crippen LogP contribution in [0.25, 0.3) is 0 Å². The molecule has 1 aromatic rings. The summed E-state index contributed by atoms with van der Waals surface area (Å²) in [5.41, 5.74) is 2.26. The minimum atomic E-state index is -0.00133. The Morgan fingerprint density at radius 1 is 1.32 bits per heavy atom. The second-order valence-corrected chi connectivity index (χ2v) is 5.95. The van der Waals surface area contributed by atoms with E-state index in [1.807, 2.05) is 11.7 Å². The van der Waals surface area contributed by atoms with Gasteiger partial charge in [-0.2, -0.15) is 5.10 Å². The number of hydrogen-bond donors (Lipinski definition) is 2. The summed E-state index contributed by atoms with van der Waals surface area (Å²) in [6.45, 7) is 8.21. The summed E-state index contributed by atoms with van der Waals surface area (Å²) in [5, 5.41) is 17.5. The van der Waals surface area contributed by atoms with Crippen LogP contribution in [0.15, 0.2) is 4.47 Å². The van der Waals surface area contributed by atoms with Crippen molar-refractivity contribution in [2.24, 2.45) is 12.5 Å². The Morgan fingerprint density at radius 3 is 2.37 bits per heavy atom. The van der Waals surface area contributed by atoms with Crippen LogP contribution in [0.4, 0.5) is 0 Å². The maximum absolute atomic E-state index is 9.56. The van der Waals surface area contributed by atoms with Gasteiger partial charge in [0.2, 0.25) is 0 Å². The molecule has 0 saturated heterocycles. The monoisotopic (exact) mass is 331 g/mol. The first-order valence-corrected chi connectivity index (χ1v) is 7.84. The Balaban J connectivity index is 2.65. The van der Waals surface area contributed by atoms with E-state index in [0.29, 0.717) is 0 Å². The molecule has 2 N–H and O–H groups in total. The number of hydrogen-bond acceptors (Lipinski definition) is 3. The minimum absolute atomic E-state index is 0.00133. The highest BCUT2D eigenvalue weighted by Crippen LogP contribution is 2.25. The van der Waals surface area contributed by atoms with Crippen LogP contribution in [0.5, 0.6) is 0 Å². The van der Waals surface area contributed by atoms with Gasteiger partial charge in [0.25, 0.3) is 0 Å². The predicted molar refractivity (Wildman–Crippen MR) is 82.1 cm³/mol. The summed E-state index contributed by atoms with van der Waals surface area (Å²) in [7, 11) is 1.97. The molecule has 0 atom stereocenters. The van der Waals surface area contributed by atoms with Crippen molar-refractivity contribution in [3.8, 4) is 0 Å². The fourth-order valence-electron chi connectivity index (χ4n) is 2.24. The van der Waals surface area contributed by atoms with E-state index in [-0.39, 0.29) is 12.0 Å². The number of aryl methyl sites for hydroxylation is 2. The molecule has 110 valence electrons. The molecule has 1 rings (SSSR count). The van der Waals surface area contributed by atoms with Gasteiger partial charge in [0, 0.05) is 32.2 Å². The van der Waals surface area contributed by atoms with Gasteiger partial charge in [-0.3, -0.25) is 4.68 Å². The number of halogens is 1. The van der Waals surface area contributed by atoms with E-state index in [9.17, 15) is 5.11 Å². The van der Waals surface area contributed by atoms with E-state index in [0.717, 1.165) is 48.2 Å². The van der Waals surface area contributed by atoms with Gasteiger partial charge in [0.1, 0.15) is 0 Å². The number of aliphatic hydroxyl groups is 1. The third-order valence-corrected chi connectivity index (χ3v) is 5.05. The molecule has 0 aliphatic heterocycles. The Bertz CT molecular complexity index is 391. The van der Waals surface area contributed by atoms with Gasteiger partial charge in [-0.1, -0.05) is 20.8 Å². The zero-order chi connectivity index (χ0) is 14.5. The first-order valence-electron chi connectivity index (χ1n) is 7.05. The summed E-state index contributed by atoms with van der Waals surface area (Å²) >= 11 is 3.62. The third-order valence-electron chi connectivity index (χ3n) is 4.13. The van der Waals surface area contributed by atoms with E-state index >= 15 is 0 Å². The van der Waals surface area contributed by atoms with E-state index in [4.69, 9.17) is 0 Å². The minimum Gasteiger partial charge on any atom is -0.396 e. The maximum Gasteiger partial charge on any atom is 0.0767 e. The summed E-state index contributed by atoms with van der Waals surface area (Å²) in [6, 6.07) is 0. The molecule has 0 fully saturated rings. The van der Waals surface area contributed by atoms with Crippen molar-refractivity contribution in [1.82, 2.24) is 15.1 Å². The fourth-order valence-corrected chi connectivity index (χ4v) is 2.99. The SMILES string of the molecule is CCc1nn(C)c(CNCC(CC)(CC)CO)c1Br. The molecule has 0 spiro atoms. The van der Waals surface area contributed by atoms with E-state index in [1.54, 1.807) is 0 Å². The van der Waals surface area contributed by atoms with Crippen molar-refractivity contribution >= 4 is 15.9 Å². The van der Waals surface area contributed by atoms with Crippen LogP contribution in [-0.4, -0.2) is 28.0 Å². The number of nitrogens with one attached hydrogen (secondary N) is 1. The molecule has 1 heterocycles. The van der Waals surface area contributed by atoms with Gasteiger partial charge < -0.3 is 10.4 Å². The lowest BCUT2D eigenvalue weighted by atomic mass is 9.83. The van der Waals surface area contributed by atoms with Crippen molar-refractivity contribution in [3.63, 3.8) is 0 Å². The number of aromatic nitrogens is 2. The Labute approximate surface area is 124 Å². The van der Waals surface area contributed by atoms with Crippen LogP contribution in [0.1, 0.15) is 45.0 Å². The third kappa shape index (κ3) is 3.80. The molecule has 0 aliphatic carbocycles. The van der Waals surface area contributed by atoms with Gasteiger partial charge in [0.05, 0.1) is 15.9 Å². The highest BCUT2D eigenvalue weighted by atomic mass is 79.9. The van der Waals surface area contributed by atoms with Gasteiger partial charge >= 0.3 is 0 Å². The molecule has 0 saturated carbocycles. The maximum atomic E-state index is 9.56. The molecule has 0 amide bonds. The summed E-state index contributed by atoms with van der Waals surface area (Å²) in [4.78, 5) is 0. The Hall–Kier alpha value is -0.390. The highest BCUT2D eigenvalue weighted by molar-refractivity contribution is 9.10. The molecule has 4 nitrogen and oxygen atoms in total. The first-order chi connectivity index (χ1) is 9.03. The predicted octanol–water partition coefficient (Wildman–Crippen LogP) is 2.63. The first kappa shape index (κ1) is 16.7. The molecule has 0 aliphatic rings. The topological polar surface area (TPSA) is 50.1 Å². The normalized spacial score (nSPS) is 12.1. The molecule has 5 heteroatoms. The quantitative estimate of drug-likeness (QED) is 0.769. The standard InChI is InChI=1S/C14H26BrN3O/c1-5-11-13(15)12(18(4)17-11)8-16-9-14(6-2,7-3)10-19/h16,19H,5-10H2,1-4H3. The second-order valence-electron chi connectivity index (χ2n) is 5.15. The molecule has 19 heavy (non-hydrogen) atoms. The van der Waals surface area contributed by atoms with Crippen molar-refractivity contribution in [1.29, 1.82) is 0 Å². The fraction of sp³-hybridized carbons (Fsp3) is 0.786. The van der Waals surface area contributed by atoms with Gasteiger partial charge in [-0.05, 0) is 35.2 Å². The molecule has 0 bridgehead atoms. The lowest BCUT2D eigenvalue weighted by Crippen LogP contribution is -2.36. The Kier molecular flexibility index (Phi) is 6.50. The van der Waals surface area contributed by atoms with Crippen LogP contribution in [0, 0.1) is 5.41 Å². The van der Waals surface area contributed by atoms with Crippen LogP contribution in [-0.2, 0) is 20.0 Å². The van der Waals surface area contributed by atoms with E-state index < -0.39 is 0 Å². The smallest absolute Gasteiger partial charge is 0.0767 e. The van der Waals surface area contributed by atoms with Crippen molar-refractivity contribution in [2.75, 3.05) is 13.2 Å². The van der Waals surface area contributed by atoms with Gasteiger partial charge in [-0.15, -0.1) is 0 Å². The average Bonchev–Trinajstić information content (AvgIpc) is 2.71. The second kappa shape index (κ2) is 7.41. The zero-order valence-corrected chi connectivity index (χ0v) is 14.0. The number of rotatable bonds is 8. The van der Waals surface area contributed by atoms with Crippen LogP contribution < -0.4 is 5.32 Å². The van der Waals surface area contributed by atoms with Crippen molar-refractivity contribution < 1.29 is 5.11 Å². The molecule has 0 radical (unpaired) electrons. The average molecular weight is 332 g/mol. The number of nitrogens with zero attached hydrogens (tertiary/aromatic N) is 2. The zero-order valence-electron chi connectivity index (χ0n) is 12.5. The lowest BCUT2D eigenvalue weighted by Gasteiger charge is -2.29.